The first kappa shape index (κ1) is 18.7. The van der Waals surface area contributed by atoms with Crippen LogP contribution in [0, 0.1) is 6.92 Å². The van der Waals surface area contributed by atoms with Crippen molar-refractivity contribution in [2.75, 3.05) is 12.1 Å². The molecule has 3 aromatic rings. The average Bonchev–Trinajstić information content (AvgIpc) is 3.46. The van der Waals surface area contributed by atoms with Crippen LogP contribution in [0.4, 0.5) is 5.69 Å². The number of anilines is 1. The summed E-state index contributed by atoms with van der Waals surface area (Å²) in [5, 5.41) is 12.4. The predicted molar refractivity (Wildman–Crippen MR) is 115 cm³/mol. The lowest BCUT2D eigenvalue weighted by atomic mass is 9.93. The van der Waals surface area contributed by atoms with E-state index in [-0.39, 0.29) is 19.3 Å². The summed E-state index contributed by atoms with van der Waals surface area (Å²) in [5.41, 5.74) is 5.28. The van der Waals surface area contributed by atoms with Crippen molar-refractivity contribution >= 4 is 11.6 Å². The van der Waals surface area contributed by atoms with Gasteiger partial charge in [-0.15, -0.1) is 0 Å². The molecule has 0 radical (unpaired) electrons. The topological polar surface area (TPSA) is 67.8 Å². The van der Waals surface area contributed by atoms with Gasteiger partial charge in [0.1, 0.15) is 0 Å². The highest BCUT2D eigenvalue weighted by Gasteiger charge is 2.51. The van der Waals surface area contributed by atoms with Crippen LogP contribution in [0.3, 0.4) is 0 Å². The van der Waals surface area contributed by atoms with Crippen molar-refractivity contribution in [1.29, 1.82) is 0 Å². The molecule has 0 atom stereocenters. The molecule has 5 heteroatoms. The van der Waals surface area contributed by atoms with Crippen LogP contribution >= 0.6 is 0 Å². The average molecular weight is 401 g/mol. The summed E-state index contributed by atoms with van der Waals surface area (Å²) in [4.78, 5) is 13.3. The first-order valence-corrected chi connectivity index (χ1v) is 10.1. The second kappa shape index (κ2) is 7.18. The smallest absolute Gasteiger partial charge is 0.235 e. The number of hydrogen-bond acceptors (Lipinski definition) is 4. The quantitative estimate of drug-likeness (QED) is 0.658. The van der Waals surface area contributed by atoms with Crippen LogP contribution in [-0.2, 0) is 16.8 Å². The Balaban J connectivity index is 1.41. The lowest BCUT2D eigenvalue weighted by Crippen LogP contribution is -2.28. The molecule has 5 rings (SSSR count). The van der Waals surface area contributed by atoms with E-state index < -0.39 is 5.41 Å². The van der Waals surface area contributed by atoms with Gasteiger partial charge in [-0.2, -0.15) is 0 Å². The lowest BCUT2D eigenvalue weighted by Gasteiger charge is -2.18. The Bertz CT molecular complexity index is 1120. The zero-order valence-electron chi connectivity index (χ0n) is 16.8. The van der Waals surface area contributed by atoms with Crippen molar-refractivity contribution in [1.82, 2.24) is 0 Å². The number of aliphatic hydroxyl groups excluding tert-OH is 1. The monoisotopic (exact) mass is 401 g/mol. The predicted octanol–water partition coefficient (Wildman–Crippen LogP) is 4.55. The molecular weight excluding hydrogens is 378 g/mol. The molecule has 0 saturated heterocycles. The van der Waals surface area contributed by atoms with Crippen molar-refractivity contribution in [2.24, 2.45) is 0 Å². The van der Waals surface area contributed by atoms with Gasteiger partial charge < -0.3 is 19.9 Å². The number of carbonyl (C=O) groups is 1. The molecule has 2 aliphatic rings. The molecule has 1 saturated carbocycles. The molecule has 152 valence electrons. The van der Waals surface area contributed by atoms with Crippen molar-refractivity contribution in [3.8, 4) is 22.6 Å². The molecule has 0 spiro atoms. The van der Waals surface area contributed by atoms with E-state index in [4.69, 9.17) is 9.47 Å². The standard InChI is InChI=1S/C25H23NO4/c1-16-20(18-7-5-17(14-27)6-8-18)3-2-4-21(16)26-24(28)25(11-12-25)19-9-10-22-23(13-19)30-15-29-22/h2-10,13,27H,11-12,14-15H2,1H3,(H,26,28). The minimum atomic E-state index is -0.508. The van der Waals surface area contributed by atoms with Gasteiger partial charge in [-0.25, -0.2) is 0 Å². The summed E-state index contributed by atoms with van der Waals surface area (Å²) < 4.78 is 10.9. The first-order chi connectivity index (χ1) is 14.6. The van der Waals surface area contributed by atoms with Gasteiger partial charge in [0.05, 0.1) is 12.0 Å². The maximum Gasteiger partial charge on any atom is 0.235 e. The molecule has 1 aliphatic heterocycles. The van der Waals surface area contributed by atoms with Gasteiger partial charge in [-0.3, -0.25) is 4.79 Å². The van der Waals surface area contributed by atoms with Gasteiger partial charge in [-0.05, 0) is 65.8 Å². The summed E-state index contributed by atoms with van der Waals surface area (Å²) in [7, 11) is 0. The fourth-order valence-electron chi connectivity index (χ4n) is 4.08. The van der Waals surface area contributed by atoms with Crippen LogP contribution < -0.4 is 14.8 Å². The third-order valence-corrected chi connectivity index (χ3v) is 6.14. The number of nitrogens with one attached hydrogen (secondary N) is 1. The Morgan fingerprint density at radius 1 is 1.03 bits per heavy atom. The highest BCUT2D eigenvalue weighted by Crippen LogP contribution is 2.51. The Hall–Kier alpha value is -3.31. The molecule has 0 aromatic heterocycles. The van der Waals surface area contributed by atoms with Gasteiger partial charge in [-0.1, -0.05) is 42.5 Å². The normalized spacial score (nSPS) is 15.7. The highest BCUT2D eigenvalue weighted by atomic mass is 16.7. The van der Waals surface area contributed by atoms with E-state index in [2.05, 4.69) is 5.32 Å². The maximum atomic E-state index is 13.3. The van der Waals surface area contributed by atoms with Crippen LogP contribution in [-0.4, -0.2) is 17.8 Å². The number of carbonyl (C=O) groups excluding carboxylic acids is 1. The van der Waals surface area contributed by atoms with Crippen molar-refractivity contribution in [2.45, 2.75) is 31.8 Å². The Kier molecular flexibility index (Phi) is 4.48. The minimum absolute atomic E-state index is 0.0113. The van der Waals surface area contributed by atoms with E-state index in [1.165, 1.54) is 0 Å². The third kappa shape index (κ3) is 3.12. The second-order valence-corrected chi connectivity index (χ2v) is 7.94. The zero-order valence-corrected chi connectivity index (χ0v) is 16.8. The van der Waals surface area contributed by atoms with Crippen molar-refractivity contribution in [3.05, 3.63) is 77.4 Å². The Labute approximate surface area is 175 Å². The van der Waals surface area contributed by atoms with E-state index in [0.717, 1.165) is 52.1 Å². The molecule has 0 bridgehead atoms. The summed E-state index contributed by atoms with van der Waals surface area (Å²) >= 11 is 0. The molecular formula is C25H23NO4. The Morgan fingerprint density at radius 2 is 1.80 bits per heavy atom. The van der Waals surface area contributed by atoms with Crippen molar-refractivity contribution < 1.29 is 19.4 Å². The molecule has 3 aromatic carbocycles. The van der Waals surface area contributed by atoms with E-state index in [0.29, 0.717) is 5.75 Å². The fraction of sp³-hybridized carbons (Fsp3) is 0.240. The van der Waals surface area contributed by atoms with E-state index in [1.54, 1.807) is 0 Å². The van der Waals surface area contributed by atoms with E-state index in [9.17, 15) is 9.90 Å². The van der Waals surface area contributed by atoms with Gasteiger partial charge in [0, 0.05) is 5.69 Å². The second-order valence-electron chi connectivity index (χ2n) is 7.94. The fourth-order valence-corrected chi connectivity index (χ4v) is 4.08. The number of rotatable bonds is 5. The molecule has 5 nitrogen and oxygen atoms in total. The van der Waals surface area contributed by atoms with Crippen LogP contribution in [0.2, 0.25) is 0 Å². The molecule has 1 fully saturated rings. The first-order valence-electron chi connectivity index (χ1n) is 10.1. The molecule has 1 amide bonds. The number of ether oxygens (including phenoxy) is 2. The number of fused-ring (bicyclic) bond motifs is 1. The number of amides is 1. The van der Waals surface area contributed by atoms with Crippen LogP contribution in [0.25, 0.3) is 11.1 Å². The molecule has 30 heavy (non-hydrogen) atoms. The lowest BCUT2D eigenvalue weighted by molar-refractivity contribution is -0.118. The number of benzene rings is 3. The highest BCUT2D eigenvalue weighted by molar-refractivity contribution is 6.02. The zero-order chi connectivity index (χ0) is 20.7. The van der Waals surface area contributed by atoms with Gasteiger partial charge >= 0.3 is 0 Å². The summed E-state index contributed by atoms with van der Waals surface area (Å²) in [6.45, 7) is 2.27. The number of aliphatic hydroxyl groups is 1. The molecule has 0 unspecified atom stereocenters. The number of hydrogen-bond donors (Lipinski definition) is 2. The molecule has 2 N–H and O–H groups in total. The Morgan fingerprint density at radius 3 is 2.53 bits per heavy atom. The maximum absolute atomic E-state index is 13.3. The van der Waals surface area contributed by atoms with Crippen LogP contribution in [0.15, 0.2) is 60.7 Å². The van der Waals surface area contributed by atoms with Gasteiger partial charge in [0.2, 0.25) is 12.7 Å². The van der Waals surface area contributed by atoms with Gasteiger partial charge in [0.25, 0.3) is 0 Å². The molecule has 1 aliphatic carbocycles. The summed E-state index contributed by atoms with van der Waals surface area (Å²) in [6.07, 6.45) is 1.64. The molecule has 1 heterocycles. The van der Waals surface area contributed by atoms with E-state index in [1.807, 2.05) is 67.6 Å². The largest absolute Gasteiger partial charge is 0.454 e. The van der Waals surface area contributed by atoms with Crippen molar-refractivity contribution in [3.63, 3.8) is 0 Å². The third-order valence-electron chi connectivity index (χ3n) is 6.14. The van der Waals surface area contributed by atoms with Crippen LogP contribution in [0.5, 0.6) is 11.5 Å². The summed E-state index contributed by atoms with van der Waals surface area (Å²) in [6, 6.07) is 19.5. The van der Waals surface area contributed by atoms with Gasteiger partial charge in [0.15, 0.2) is 11.5 Å². The summed E-state index contributed by atoms with van der Waals surface area (Å²) in [5.74, 6) is 1.44. The minimum Gasteiger partial charge on any atom is -0.454 e. The SMILES string of the molecule is Cc1c(NC(=O)C2(c3ccc4c(c3)OCO4)CC2)cccc1-c1ccc(CO)cc1. The van der Waals surface area contributed by atoms with Crippen LogP contribution in [0.1, 0.15) is 29.5 Å². The van der Waals surface area contributed by atoms with E-state index >= 15 is 0 Å².